The van der Waals surface area contributed by atoms with Crippen LogP contribution in [0.5, 0.6) is 11.5 Å². The van der Waals surface area contributed by atoms with Gasteiger partial charge in [0.25, 0.3) is 0 Å². The fourth-order valence-electron chi connectivity index (χ4n) is 4.43. The molecule has 7 heteroatoms. The van der Waals surface area contributed by atoms with E-state index in [9.17, 15) is 18.0 Å². The number of esters is 1. The van der Waals surface area contributed by atoms with Crippen molar-refractivity contribution in [3.05, 3.63) is 131 Å². The van der Waals surface area contributed by atoms with E-state index in [0.717, 1.165) is 36.1 Å². The third kappa shape index (κ3) is 8.19. The molecule has 202 valence electrons. The van der Waals surface area contributed by atoms with E-state index < -0.39 is 23.8 Å². The predicted molar refractivity (Wildman–Crippen MR) is 145 cm³/mol. The number of carbonyl (C=O) groups excluding carboxylic acids is 1. The summed E-state index contributed by atoms with van der Waals surface area (Å²) in [5.74, 6) is 0.0497. The minimum atomic E-state index is -4.46. The van der Waals surface area contributed by atoms with Crippen molar-refractivity contribution in [2.24, 2.45) is 0 Å². The lowest BCUT2D eigenvalue weighted by Gasteiger charge is -2.25. The van der Waals surface area contributed by atoms with E-state index in [0.29, 0.717) is 12.2 Å². The normalized spacial score (nSPS) is 12.9. The van der Waals surface area contributed by atoms with Gasteiger partial charge in [-0.1, -0.05) is 78.9 Å². The number of aryl methyl sites for hydroxylation is 1. The SMILES string of the molecule is COC(=O)[C@@H](Cc1cccc(Oc2cccc(C(F)(F)F)c2)c1)N[C@@H](CCc1ccccc1)c1ccccc1. The van der Waals surface area contributed by atoms with E-state index in [2.05, 4.69) is 17.4 Å². The quantitative estimate of drug-likeness (QED) is 0.202. The lowest BCUT2D eigenvalue weighted by molar-refractivity contribution is -0.143. The summed E-state index contributed by atoms with van der Waals surface area (Å²) in [4.78, 5) is 12.8. The van der Waals surface area contributed by atoms with Crippen molar-refractivity contribution < 1.29 is 27.4 Å². The van der Waals surface area contributed by atoms with Crippen LogP contribution in [0.4, 0.5) is 13.2 Å². The second kappa shape index (κ2) is 13.1. The van der Waals surface area contributed by atoms with Crippen LogP contribution in [0.1, 0.15) is 34.7 Å². The fraction of sp³-hybridized carbons (Fsp3) is 0.219. The molecular weight excluding hydrogens is 503 g/mol. The molecular formula is C32H30F3NO3. The molecule has 2 atom stereocenters. The molecule has 0 bridgehead atoms. The zero-order valence-electron chi connectivity index (χ0n) is 21.5. The minimum Gasteiger partial charge on any atom is -0.468 e. The summed E-state index contributed by atoms with van der Waals surface area (Å²) < 4.78 is 50.1. The van der Waals surface area contributed by atoms with Crippen LogP contribution in [-0.4, -0.2) is 19.1 Å². The second-order valence-electron chi connectivity index (χ2n) is 9.21. The number of hydrogen-bond acceptors (Lipinski definition) is 4. The van der Waals surface area contributed by atoms with E-state index >= 15 is 0 Å². The molecule has 1 N–H and O–H groups in total. The van der Waals surface area contributed by atoms with Gasteiger partial charge in [-0.3, -0.25) is 10.1 Å². The Labute approximate surface area is 226 Å². The molecule has 0 aromatic heterocycles. The molecule has 39 heavy (non-hydrogen) atoms. The fourth-order valence-corrected chi connectivity index (χ4v) is 4.43. The Hall–Kier alpha value is -4.10. The number of nitrogens with one attached hydrogen (secondary N) is 1. The molecule has 4 aromatic rings. The summed E-state index contributed by atoms with van der Waals surface area (Å²) in [6.45, 7) is 0. The first-order valence-corrected chi connectivity index (χ1v) is 12.7. The Morgan fingerprint density at radius 3 is 2.08 bits per heavy atom. The van der Waals surface area contributed by atoms with Crippen LogP contribution < -0.4 is 10.1 Å². The van der Waals surface area contributed by atoms with E-state index in [-0.39, 0.29) is 11.8 Å². The van der Waals surface area contributed by atoms with E-state index in [1.807, 2.05) is 54.6 Å². The van der Waals surface area contributed by atoms with Crippen molar-refractivity contribution >= 4 is 5.97 Å². The molecule has 0 spiro atoms. The Balaban J connectivity index is 1.51. The predicted octanol–water partition coefficient (Wildman–Crippen LogP) is 7.55. The molecule has 4 rings (SSSR count). The second-order valence-corrected chi connectivity index (χ2v) is 9.21. The zero-order valence-corrected chi connectivity index (χ0v) is 21.5. The Bertz CT molecular complexity index is 1340. The van der Waals surface area contributed by atoms with Gasteiger partial charge in [-0.25, -0.2) is 0 Å². The molecule has 0 aliphatic rings. The summed E-state index contributed by atoms with van der Waals surface area (Å²) in [5.41, 5.74) is 2.25. The maximum atomic E-state index is 13.1. The molecule has 0 saturated heterocycles. The molecule has 0 fully saturated rings. The highest BCUT2D eigenvalue weighted by molar-refractivity contribution is 5.76. The van der Waals surface area contributed by atoms with E-state index in [4.69, 9.17) is 9.47 Å². The summed E-state index contributed by atoms with van der Waals surface area (Å²) >= 11 is 0. The van der Waals surface area contributed by atoms with Crippen LogP contribution in [0.25, 0.3) is 0 Å². The van der Waals surface area contributed by atoms with Gasteiger partial charge in [-0.2, -0.15) is 13.2 Å². The average Bonchev–Trinajstić information content (AvgIpc) is 2.95. The summed E-state index contributed by atoms with van der Waals surface area (Å²) in [7, 11) is 1.35. The Morgan fingerprint density at radius 1 is 0.795 bits per heavy atom. The molecule has 4 nitrogen and oxygen atoms in total. The lowest BCUT2D eigenvalue weighted by Crippen LogP contribution is -2.41. The van der Waals surface area contributed by atoms with Crippen molar-refractivity contribution in [2.45, 2.75) is 37.5 Å². The van der Waals surface area contributed by atoms with Crippen molar-refractivity contribution in [1.29, 1.82) is 0 Å². The third-order valence-electron chi connectivity index (χ3n) is 6.39. The van der Waals surface area contributed by atoms with Crippen molar-refractivity contribution in [3.63, 3.8) is 0 Å². The molecule has 0 unspecified atom stereocenters. The van der Waals surface area contributed by atoms with Gasteiger partial charge in [0.2, 0.25) is 0 Å². The number of alkyl halides is 3. The lowest BCUT2D eigenvalue weighted by atomic mass is 9.96. The highest BCUT2D eigenvalue weighted by Gasteiger charge is 2.30. The molecule has 0 saturated carbocycles. The Morgan fingerprint density at radius 2 is 1.41 bits per heavy atom. The number of halogens is 3. The highest BCUT2D eigenvalue weighted by Crippen LogP contribution is 2.33. The van der Waals surface area contributed by atoms with Gasteiger partial charge in [0.05, 0.1) is 12.7 Å². The highest BCUT2D eigenvalue weighted by atomic mass is 19.4. The summed E-state index contributed by atoms with van der Waals surface area (Å²) in [6.07, 6.45) is -2.57. The maximum Gasteiger partial charge on any atom is 0.416 e. The summed E-state index contributed by atoms with van der Waals surface area (Å²) in [6, 6.07) is 31.0. The standard InChI is InChI=1S/C32H30F3NO3/c1-38-31(37)30(36-29(25-13-6-3-7-14-25)19-18-23-10-4-2-5-11-23)21-24-12-8-16-27(20-24)39-28-17-9-15-26(22-28)32(33,34)35/h2-17,20,22,29-30,36H,18-19,21H2,1H3/t29-,30+/m0/s1. The van der Waals surface area contributed by atoms with Crippen molar-refractivity contribution in [2.75, 3.05) is 7.11 Å². The van der Waals surface area contributed by atoms with Crippen molar-refractivity contribution in [3.8, 4) is 11.5 Å². The number of benzene rings is 4. The Kier molecular flexibility index (Phi) is 9.39. The van der Waals surface area contributed by atoms with Gasteiger partial charge in [0.1, 0.15) is 17.5 Å². The number of methoxy groups -OCH3 is 1. The van der Waals surface area contributed by atoms with Crippen LogP contribution in [-0.2, 0) is 28.5 Å². The average molecular weight is 534 g/mol. The van der Waals surface area contributed by atoms with E-state index in [1.54, 1.807) is 18.2 Å². The summed E-state index contributed by atoms with van der Waals surface area (Å²) in [5, 5.41) is 3.49. The topological polar surface area (TPSA) is 47.6 Å². The monoisotopic (exact) mass is 533 g/mol. The molecule has 0 aliphatic carbocycles. The first-order chi connectivity index (χ1) is 18.8. The van der Waals surface area contributed by atoms with Crippen LogP contribution in [0.15, 0.2) is 109 Å². The molecule has 0 heterocycles. The first-order valence-electron chi connectivity index (χ1n) is 12.7. The minimum absolute atomic E-state index is 0.0784. The van der Waals surface area contributed by atoms with Crippen molar-refractivity contribution in [1.82, 2.24) is 5.32 Å². The smallest absolute Gasteiger partial charge is 0.416 e. The molecule has 0 radical (unpaired) electrons. The molecule has 4 aromatic carbocycles. The first kappa shape index (κ1) is 27.9. The largest absolute Gasteiger partial charge is 0.468 e. The number of hydrogen-bond donors (Lipinski definition) is 1. The number of rotatable bonds is 11. The van der Waals surface area contributed by atoms with Gasteiger partial charge >= 0.3 is 12.1 Å². The van der Waals surface area contributed by atoms with Gasteiger partial charge in [0.15, 0.2) is 0 Å². The number of ether oxygens (including phenoxy) is 2. The third-order valence-corrected chi connectivity index (χ3v) is 6.39. The molecule has 0 aliphatic heterocycles. The van der Waals surface area contributed by atoms with E-state index in [1.165, 1.54) is 24.8 Å². The van der Waals surface area contributed by atoms with Gasteiger partial charge in [0, 0.05) is 6.04 Å². The van der Waals surface area contributed by atoms with Gasteiger partial charge < -0.3 is 9.47 Å². The van der Waals surface area contributed by atoms with Gasteiger partial charge in [-0.15, -0.1) is 0 Å². The van der Waals surface area contributed by atoms with Gasteiger partial charge in [-0.05, 0) is 66.3 Å². The van der Waals surface area contributed by atoms with Crippen LogP contribution in [0.3, 0.4) is 0 Å². The van der Waals surface area contributed by atoms with Crippen LogP contribution >= 0.6 is 0 Å². The molecule has 0 amide bonds. The van der Waals surface area contributed by atoms with Crippen LogP contribution in [0.2, 0.25) is 0 Å². The number of carbonyl (C=O) groups is 1. The zero-order chi connectivity index (χ0) is 27.7. The van der Waals surface area contributed by atoms with Crippen LogP contribution in [0, 0.1) is 0 Å². The maximum absolute atomic E-state index is 13.1.